The van der Waals surface area contributed by atoms with E-state index in [1.54, 1.807) is 80.5 Å². The molecule has 1 saturated heterocycles. The molecule has 2 bridgehead atoms. The molecule has 3 aliphatic carbocycles. The summed E-state index contributed by atoms with van der Waals surface area (Å²) >= 11 is 0. The highest BCUT2D eigenvalue weighted by molar-refractivity contribution is 5.95. The van der Waals surface area contributed by atoms with Crippen LogP contribution in [0.5, 0.6) is 0 Å². The van der Waals surface area contributed by atoms with E-state index >= 15 is 4.79 Å². The smallest absolute Gasteiger partial charge is 0.410 e. The number of esters is 3. The Morgan fingerprint density at radius 2 is 1.62 bits per heavy atom. The van der Waals surface area contributed by atoms with Crippen molar-refractivity contribution in [2.45, 2.75) is 155 Å². The summed E-state index contributed by atoms with van der Waals surface area (Å²) in [5.74, 6) is -5.41. The number of hydrogen-bond donors (Lipinski definition) is 4. The fraction of sp³-hybridized carbons (Fsp3) is 0.652. The second-order valence-electron chi connectivity index (χ2n) is 19.0. The zero-order valence-corrected chi connectivity index (χ0v) is 38.3. The van der Waals surface area contributed by atoms with Crippen LogP contribution in [0, 0.1) is 16.7 Å². The first kappa shape index (κ1) is 49.2. The molecule has 0 radical (unpaired) electrons. The number of alkyl carbamates (subject to hydrolysis) is 1. The van der Waals surface area contributed by atoms with Crippen LogP contribution < -0.4 is 5.32 Å². The molecule has 63 heavy (non-hydrogen) atoms. The number of nitrogens with zero attached hydrogens (tertiary/aromatic N) is 1. The maximum atomic E-state index is 15.8. The molecule has 11 atom stereocenters. The van der Waals surface area contributed by atoms with E-state index in [4.69, 9.17) is 28.4 Å². The van der Waals surface area contributed by atoms with E-state index in [1.807, 2.05) is 0 Å². The van der Waals surface area contributed by atoms with Crippen molar-refractivity contribution in [2.75, 3.05) is 19.7 Å². The number of carbonyl (C=O) groups excluding carboxylic acids is 6. The van der Waals surface area contributed by atoms with Crippen LogP contribution >= 0.6 is 0 Å². The molecule has 17 nitrogen and oxygen atoms in total. The summed E-state index contributed by atoms with van der Waals surface area (Å²) < 4.78 is 36.0. The van der Waals surface area contributed by atoms with Crippen LogP contribution in [0.2, 0.25) is 0 Å². The first-order valence-electron chi connectivity index (χ1n) is 21.4. The number of Topliss-reactive ketones (excluding diaryl/α,β-unsaturated/α-hetero) is 1. The maximum absolute atomic E-state index is 15.8. The number of allylic oxidation sites excluding steroid dienone is 1. The SMILES string of the molecule is CCN(CC)C(=O)O[C@H]1C(=O)[C@@]2(C)[C@H]([C@H](OC(=O)c3ccccc3)[C@]3(O)C[C@H](OC(=O)[C@H](O)[C@H](C=C(C)C)NC(=O)OC(C)(C)C)C(C)=C1C3(C)C)[C@]1(OC(C)=O)CO[C@@H]1C[C@@H]2O. The van der Waals surface area contributed by atoms with Gasteiger partial charge in [0, 0.05) is 38.3 Å². The number of aliphatic hydroxyl groups is 3. The third kappa shape index (κ3) is 8.98. The molecular weight excluding hydrogens is 821 g/mol. The van der Waals surface area contributed by atoms with Crippen LogP contribution in [0.1, 0.15) is 106 Å². The number of aliphatic hydroxyl groups excluding tert-OH is 2. The van der Waals surface area contributed by atoms with Crippen LogP contribution in [0.4, 0.5) is 9.59 Å². The highest BCUT2D eigenvalue weighted by Crippen LogP contribution is 2.64. The lowest BCUT2D eigenvalue weighted by Gasteiger charge is -2.67. The predicted octanol–water partition coefficient (Wildman–Crippen LogP) is 4.34. The van der Waals surface area contributed by atoms with Crippen molar-refractivity contribution < 1.29 is 72.5 Å². The first-order chi connectivity index (χ1) is 29.2. The Morgan fingerprint density at radius 1 is 1.00 bits per heavy atom. The Morgan fingerprint density at radius 3 is 2.14 bits per heavy atom. The highest BCUT2D eigenvalue weighted by atomic mass is 16.6. The van der Waals surface area contributed by atoms with Gasteiger partial charge in [-0.05, 0) is 85.6 Å². The molecule has 1 aliphatic heterocycles. The van der Waals surface area contributed by atoms with Gasteiger partial charge in [0.15, 0.2) is 23.6 Å². The van der Waals surface area contributed by atoms with E-state index in [0.29, 0.717) is 5.57 Å². The van der Waals surface area contributed by atoms with E-state index in [-0.39, 0.29) is 42.8 Å². The van der Waals surface area contributed by atoms with Gasteiger partial charge in [-0.15, -0.1) is 0 Å². The molecule has 2 amide bonds. The van der Waals surface area contributed by atoms with Crippen molar-refractivity contribution in [1.29, 1.82) is 0 Å². The number of fused-ring (bicyclic) bond motifs is 5. The molecule has 1 heterocycles. The fourth-order valence-electron chi connectivity index (χ4n) is 9.88. The molecule has 17 heteroatoms. The van der Waals surface area contributed by atoms with Crippen LogP contribution in [0.3, 0.4) is 0 Å². The van der Waals surface area contributed by atoms with Crippen molar-refractivity contribution in [1.82, 2.24) is 10.2 Å². The van der Waals surface area contributed by atoms with Crippen LogP contribution in [0.15, 0.2) is 53.1 Å². The molecule has 4 aliphatic rings. The minimum Gasteiger partial charge on any atom is -0.456 e. The van der Waals surface area contributed by atoms with Gasteiger partial charge in [0.1, 0.15) is 29.5 Å². The van der Waals surface area contributed by atoms with Crippen molar-refractivity contribution >= 4 is 35.9 Å². The fourth-order valence-corrected chi connectivity index (χ4v) is 9.88. The second kappa shape index (κ2) is 18.0. The van der Waals surface area contributed by atoms with Gasteiger partial charge >= 0.3 is 30.1 Å². The van der Waals surface area contributed by atoms with Crippen molar-refractivity contribution in [3.8, 4) is 0 Å². The zero-order chi connectivity index (χ0) is 47.2. The molecule has 0 unspecified atom stereocenters. The Kier molecular flexibility index (Phi) is 14.0. The Hall–Kier alpha value is -4.84. The molecule has 348 valence electrons. The van der Waals surface area contributed by atoms with Gasteiger partial charge in [0.2, 0.25) is 0 Å². The van der Waals surface area contributed by atoms with Crippen LogP contribution in [-0.4, -0.2) is 135 Å². The molecule has 4 N–H and O–H groups in total. The Balaban J connectivity index is 1.77. The molecule has 1 aromatic rings. The monoisotopic (exact) mass is 884 g/mol. The van der Waals surface area contributed by atoms with Gasteiger partial charge < -0.3 is 54.0 Å². The largest absolute Gasteiger partial charge is 0.456 e. The zero-order valence-electron chi connectivity index (χ0n) is 38.3. The van der Waals surface area contributed by atoms with Crippen LogP contribution in [-0.2, 0) is 42.8 Å². The number of carbonyl (C=O) groups is 6. The summed E-state index contributed by atoms with van der Waals surface area (Å²) in [6.45, 7) is 19.0. The number of amides is 2. The summed E-state index contributed by atoms with van der Waals surface area (Å²) in [7, 11) is 0. The van der Waals surface area contributed by atoms with Gasteiger partial charge in [-0.25, -0.2) is 19.2 Å². The Labute approximate surface area is 368 Å². The molecule has 1 aromatic carbocycles. The first-order valence-corrected chi connectivity index (χ1v) is 21.4. The van der Waals surface area contributed by atoms with Gasteiger partial charge in [-0.2, -0.15) is 0 Å². The summed E-state index contributed by atoms with van der Waals surface area (Å²) in [5, 5.41) is 40.0. The molecule has 5 rings (SSSR count). The van der Waals surface area contributed by atoms with E-state index in [1.165, 1.54) is 37.0 Å². The van der Waals surface area contributed by atoms with Gasteiger partial charge in [0.05, 0.1) is 35.6 Å². The third-order valence-corrected chi connectivity index (χ3v) is 13.2. The number of ether oxygens (including phenoxy) is 6. The highest BCUT2D eigenvalue weighted by Gasteiger charge is 2.78. The summed E-state index contributed by atoms with van der Waals surface area (Å²) in [4.78, 5) is 85.5. The Bertz CT molecular complexity index is 2020. The normalized spacial score (nSPS) is 31.8. The van der Waals surface area contributed by atoms with Gasteiger partial charge in [0.25, 0.3) is 0 Å². The lowest BCUT2D eigenvalue weighted by atomic mass is 9.44. The summed E-state index contributed by atoms with van der Waals surface area (Å²) in [6, 6.07) is 6.49. The molecule has 2 saturated carbocycles. The molecule has 3 fully saturated rings. The maximum Gasteiger partial charge on any atom is 0.410 e. The average Bonchev–Trinajstić information content (AvgIpc) is 3.18. The molecule has 0 spiro atoms. The molecule has 0 aromatic heterocycles. The van der Waals surface area contributed by atoms with E-state index in [2.05, 4.69) is 5.32 Å². The van der Waals surface area contributed by atoms with Crippen molar-refractivity contribution in [3.63, 3.8) is 0 Å². The van der Waals surface area contributed by atoms with E-state index in [0.717, 1.165) is 6.92 Å². The van der Waals surface area contributed by atoms with E-state index < -0.39 is 119 Å². The number of ketones is 1. The van der Waals surface area contributed by atoms with Crippen LogP contribution in [0.25, 0.3) is 0 Å². The molecular formula is C46H64N2O15. The standard InChI is InChI=1S/C46H64N2O15/c1-13-48(14-2)41(56)60-34-32-25(5)29(59-39(54)33(51)28(20-24(3)4)47-40(55)63-42(7,8)9)22-46(57,43(32,10)11)37(61-38(53)27-18-16-15-17-19-27)35-44(12,36(34)52)30(50)21-31-45(35,23-58-31)62-26(6)49/h15-20,28-31,33-35,37,50-51,57H,13-14,21-23H2,1-12H3,(H,47,55)/t28-,29-,30-,31+,33+,34+,35-,37-,44+,45-,46+/m0/s1. The third-order valence-electron chi connectivity index (χ3n) is 13.2. The number of nitrogens with one attached hydrogen (secondary N) is 1. The number of hydrogen-bond acceptors (Lipinski definition) is 15. The quantitative estimate of drug-likeness (QED) is 0.138. The number of benzene rings is 1. The van der Waals surface area contributed by atoms with E-state index in [9.17, 15) is 39.3 Å². The average molecular weight is 885 g/mol. The van der Waals surface area contributed by atoms with Crippen molar-refractivity contribution in [3.05, 3.63) is 58.7 Å². The predicted molar refractivity (Wildman–Crippen MR) is 225 cm³/mol. The minimum absolute atomic E-state index is 0.0112. The van der Waals surface area contributed by atoms with Crippen molar-refractivity contribution in [2.24, 2.45) is 16.7 Å². The topological polar surface area (TPSA) is 234 Å². The summed E-state index contributed by atoms with van der Waals surface area (Å²) in [5.41, 5.74) is -8.05. The lowest BCUT2D eigenvalue weighted by Crippen LogP contribution is -2.82. The van der Waals surface area contributed by atoms with Gasteiger partial charge in [-0.1, -0.05) is 43.7 Å². The number of rotatable bonds is 11. The second-order valence-corrected chi connectivity index (χ2v) is 19.0. The summed E-state index contributed by atoms with van der Waals surface area (Å²) in [6.07, 6.45) is -11.0. The lowest BCUT2D eigenvalue weighted by molar-refractivity contribution is -0.345. The van der Waals surface area contributed by atoms with Gasteiger partial charge in [-0.3, -0.25) is 9.59 Å². The minimum atomic E-state index is -2.41.